The van der Waals surface area contributed by atoms with Crippen LogP contribution in [0, 0.1) is 10.1 Å². The van der Waals surface area contributed by atoms with E-state index in [1.54, 1.807) is 23.7 Å². The van der Waals surface area contributed by atoms with Crippen LogP contribution in [0.15, 0.2) is 57.4 Å². The van der Waals surface area contributed by atoms with Gasteiger partial charge in [0.1, 0.15) is 12.1 Å². The Morgan fingerprint density at radius 1 is 1.44 bits per heavy atom. The second kappa shape index (κ2) is 7.18. The number of nitrogens with one attached hydrogen (secondary N) is 1. The Labute approximate surface area is 146 Å². The van der Waals surface area contributed by atoms with Gasteiger partial charge in [-0.05, 0) is 36.0 Å². The van der Waals surface area contributed by atoms with Crippen LogP contribution in [0.4, 0.5) is 5.69 Å². The van der Waals surface area contributed by atoms with Crippen molar-refractivity contribution in [3.8, 4) is 0 Å². The topological polar surface area (TPSA) is 116 Å². The Balaban J connectivity index is 1.79. The predicted octanol–water partition coefficient (Wildman–Crippen LogP) is 2.40. The molecule has 2 aromatic heterocycles. The SMILES string of the molecule is Cn1cnnc1Sc1ccc(C(=O)NCc2ccco2)cc1[N+](=O)[O-]. The van der Waals surface area contributed by atoms with E-state index in [1.807, 2.05) is 0 Å². The van der Waals surface area contributed by atoms with E-state index in [1.165, 1.54) is 30.8 Å². The molecule has 0 aliphatic carbocycles. The molecule has 0 radical (unpaired) electrons. The average Bonchev–Trinajstić information content (AvgIpc) is 3.25. The third kappa shape index (κ3) is 3.86. The summed E-state index contributed by atoms with van der Waals surface area (Å²) in [5.74, 6) is 0.173. The number of benzene rings is 1. The van der Waals surface area contributed by atoms with Gasteiger partial charge in [0.15, 0.2) is 5.16 Å². The third-order valence-corrected chi connectivity index (χ3v) is 4.41. The molecule has 0 fully saturated rings. The van der Waals surface area contributed by atoms with Crippen molar-refractivity contribution in [1.29, 1.82) is 0 Å². The first-order valence-corrected chi connectivity index (χ1v) is 7.97. The number of hydrogen-bond donors (Lipinski definition) is 1. The van der Waals surface area contributed by atoms with E-state index in [0.717, 1.165) is 11.8 Å². The van der Waals surface area contributed by atoms with Crippen LogP contribution in [0.25, 0.3) is 0 Å². The predicted molar refractivity (Wildman–Crippen MR) is 88.1 cm³/mol. The van der Waals surface area contributed by atoms with E-state index in [0.29, 0.717) is 15.8 Å². The van der Waals surface area contributed by atoms with E-state index in [4.69, 9.17) is 4.42 Å². The number of furan rings is 1. The number of aromatic nitrogens is 3. The van der Waals surface area contributed by atoms with Crippen LogP contribution in [0.5, 0.6) is 0 Å². The minimum atomic E-state index is -0.526. The minimum Gasteiger partial charge on any atom is -0.467 e. The van der Waals surface area contributed by atoms with Crippen LogP contribution < -0.4 is 5.32 Å². The molecule has 3 aromatic rings. The third-order valence-electron chi connectivity index (χ3n) is 3.29. The second-order valence-corrected chi connectivity index (χ2v) is 6.04. The molecule has 1 N–H and O–H groups in total. The smallest absolute Gasteiger partial charge is 0.284 e. The van der Waals surface area contributed by atoms with E-state index in [9.17, 15) is 14.9 Å². The molecule has 2 heterocycles. The molecular formula is C15H13N5O4S. The van der Waals surface area contributed by atoms with Crippen molar-refractivity contribution in [3.05, 3.63) is 64.4 Å². The van der Waals surface area contributed by atoms with Crippen LogP contribution in [0.3, 0.4) is 0 Å². The molecule has 0 unspecified atom stereocenters. The van der Waals surface area contributed by atoms with Crippen LogP contribution in [-0.2, 0) is 13.6 Å². The monoisotopic (exact) mass is 359 g/mol. The molecule has 10 heteroatoms. The fourth-order valence-corrected chi connectivity index (χ4v) is 2.88. The van der Waals surface area contributed by atoms with Crippen LogP contribution in [0.1, 0.15) is 16.1 Å². The number of carbonyl (C=O) groups is 1. The van der Waals surface area contributed by atoms with Gasteiger partial charge in [0.2, 0.25) is 0 Å². The maximum atomic E-state index is 12.2. The number of hydrogen-bond acceptors (Lipinski definition) is 7. The Kier molecular flexibility index (Phi) is 4.80. The molecule has 0 saturated heterocycles. The number of nitro benzene ring substituents is 1. The van der Waals surface area contributed by atoms with Gasteiger partial charge in [0, 0.05) is 18.7 Å². The normalized spacial score (nSPS) is 10.6. The molecule has 1 aromatic carbocycles. The molecule has 1 amide bonds. The van der Waals surface area contributed by atoms with E-state index < -0.39 is 10.8 Å². The maximum Gasteiger partial charge on any atom is 0.284 e. The lowest BCUT2D eigenvalue weighted by molar-refractivity contribution is -0.387. The largest absolute Gasteiger partial charge is 0.467 e. The van der Waals surface area contributed by atoms with Gasteiger partial charge in [-0.3, -0.25) is 14.9 Å². The summed E-state index contributed by atoms with van der Waals surface area (Å²) in [4.78, 5) is 23.4. The fraction of sp³-hybridized carbons (Fsp3) is 0.133. The van der Waals surface area contributed by atoms with Gasteiger partial charge < -0.3 is 14.3 Å². The summed E-state index contributed by atoms with van der Waals surface area (Å²) in [7, 11) is 1.74. The van der Waals surface area contributed by atoms with Crippen LogP contribution in [-0.4, -0.2) is 25.6 Å². The molecule has 128 valence electrons. The lowest BCUT2D eigenvalue weighted by atomic mass is 10.2. The first-order chi connectivity index (χ1) is 12.0. The number of nitro groups is 1. The van der Waals surface area contributed by atoms with Crippen molar-refractivity contribution in [1.82, 2.24) is 20.1 Å². The molecular weight excluding hydrogens is 346 g/mol. The summed E-state index contributed by atoms with van der Waals surface area (Å²) >= 11 is 1.11. The maximum absolute atomic E-state index is 12.2. The molecule has 3 rings (SSSR count). The molecule has 0 aliphatic heterocycles. The summed E-state index contributed by atoms with van der Waals surface area (Å²) in [5.41, 5.74) is 0.0271. The molecule has 0 atom stereocenters. The van der Waals surface area contributed by atoms with Gasteiger partial charge in [0.25, 0.3) is 11.6 Å². The molecule has 25 heavy (non-hydrogen) atoms. The molecule has 9 nitrogen and oxygen atoms in total. The van der Waals surface area contributed by atoms with Crippen LogP contribution in [0.2, 0.25) is 0 Å². The number of aryl methyl sites for hydroxylation is 1. The van der Waals surface area contributed by atoms with Crippen LogP contribution >= 0.6 is 11.8 Å². The zero-order valence-electron chi connectivity index (χ0n) is 13.1. The van der Waals surface area contributed by atoms with E-state index in [2.05, 4.69) is 15.5 Å². The summed E-state index contributed by atoms with van der Waals surface area (Å²) in [6.07, 6.45) is 3.01. The fourth-order valence-electron chi connectivity index (χ4n) is 2.03. The van der Waals surface area contributed by atoms with Crippen molar-refractivity contribution in [2.24, 2.45) is 7.05 Å². The number of rotatable bonds is 6. The number of carbonyl (C=O) groups excluding carboxylic acids is 1. The quantitative estimate of drug-likeness (QED) is 0.530. The highest BCUT2D eigenvalue weighted by Gasteiger charge is 2.20. The van der Waals surface area contributed by atoms with Crippen molar-refractivity contribution < 1.29 is 14.1 Å². The number of amides is 1. The summed E-state index contributed by atoms with van der Waals surface area (Å²) in [6, 6.07) is 7.74. The molecule has 0 aliphatic rings. The summed E-state index contributed by atoms with van der Waals surface area (Å²) in [6.45, 7) is 0.203. The van der Waals surface area contributed by atoms with Gasteiger partial charge in [-0.25, -0.2) is 0 Å². The lowest BCUT2D eigenvalue weighted by Crippen LogP contribution is -2.22. The van der Waals surface area contributed by atoms with E-state index in [-0.39, 0.29) is 17.8 Å². The average molecular weight is 359 g/mol. The first kappa shape index (κ1) is 16.7. The van der Waals surface area contributed by atoms with Gasteiger partial charge in [-0.1, -0.05) is 0 Å². The Morgan fingerprint density at radius 3 is 2.92 bits per heavy atom. The minimum absolute atomic E-state index is 0.168. The Hall–Kier alpha value is -3.14. The highest BCUT2D eigenvalue weighted by Crippen LogP contribution is 2.34. The van der Waals surface area contributed by atoms with Gasteiger partial charge >= 0.3 is 0 Å². The van der Waals surface area contributed by atoms with Gasteiger partial charge in [-0.15, -0.1) is 10.2 Å². The molecule has 0 saturated carbocycles. The standard InChI is InChI=1S/C15H13N5O4S/c1-19-9-17-18-15(19)25-13-5-4-10(7-12(13)20(22)23)14(21)16-8-11-3-2-6-24-11/h2-7,9H,8H2,1H3,(H,16,21). The van der Waals surface area contributed by atoms with Crippen molar-refractivity contribution in [2.45, 2.75) is 16.6 Å². The van der Waals surface area contributed by atoms with Crippen molar-refractivity contribution >= 4 is 23.4 Å². The van der Waals surface area contributed by atoms with Crippen molar-refractivity contribution in [2.75, 3.05) is 0 Å². The van der Waals surface area contributed by atoms with Gasteiger partial charge in [0.05, 0.1) is 22.6 Å². The molecule has 0 spiro atoms. The van der Waals surface area contributed by atoms with Gasteiger partial charge in [-0.2, -0.15) is 0 Å². The number of nitrogens with zero attached hydrogens (tertiary/aromatic N) is 4. The zero-order chi connectivity index (χ0) is 17.8. The van der Waals surface area contributed by atoms with E-state index >= 15 is 0 Å². The Morgan fingerprint density at radius 2 is 2.28 bits per heavy atom. The summed E-state index contributed by atoms with van der Waals surface area (Å²) in [5, 5.41) is 22.1. The summed E-state index contributed by atoms with van der Waals surface area (Å²) < 4.78 is 6.78. The molecule has 0 bridgehead atoms. The second-order valence-electron chi connectivity index (χ2n) is 5.03. The van der Waals surface area contributed by atoms with Crippen molar-refractivity contribution in [3.63, 3.8) is 0 Å². The highest BCUT2D eigenvalue weighted by atomic mass is 32.2. The Bertz CT molecular complexity index is 907. The zero-order valence-corrected chi connectivity index (χ0v) is 13.9. The highest BCUT2D eigenvalue weighted by molar-refractivity contribution is 7.99. The lowest BCUT2D eigenvalue weighted by Gasteiger charge is -2.06. The first-order valence-electron chi connectivity index (χ1n) is 7.15.